The Labute approximate surface area is 155 Å². The average molecular weight is 414 g/mol. The third-order valence-corrected chi connectivity index (χ3v) is 4.78. The van der Waals surface area contributed by atoms with E-state index >= 15 is 0 Å². The van der Waals surface area contributed by atoms with Gasteiger partial charge in [0.1, 0.15) is 11.4 Å². The van der Waals surface area contributed by atoms with E-state index in [1.807, 2.05) is 0 Å². The van der Waals surface area contributed by atoms with E-state index < -0.39 is 33.2 Å². The van der Waals surface area contributed by atoms with Gasteiger partial charge >= 0.3 is 6.09 Å². The summed E-state index contributed by atoms with van der Waals surface area (Å²) in [5.74, 6) is -0.776. The Morgan fingerprint density at radius 3 is 2.32 bits per heavy atom. The summed E-state index contributed by atoms with van der Waals surface area (Å²) in [7, 11) is -3.97. The molecule has 1 fully saturated rings. The van der Waals surface area contributed by atoms with Crippen molar-refractivity contribution in [3.63, 3.8) is 0 Å². The van der Waals surface area contributed by atoms with Crippen LogP contribution in [0.4, 0.5) is 9.18 Å². The lowest BCUT2D eigenvalue weighted by Gasteiger charge is -2.48. The van der Waals surface area contributed by atoms with Gasteiger partial charge in [-0.2, -0.15) is 8.42 Å². The van der Waals surface area contributed by atoms with E-state index in [1.54, 1.807) is 20.8 Å². The summed E-state index contributed by atoms with van der Waals surface area (Å²) >= 11 is 12.0. The van der Waals surface area contributed by atoms with Crippen molar-refractivity contribution in [2.75, 3.05) is 19.3 Å². The molecule has 0 aromatic heterocycles. The fraction of sp³-hybridized carbons (Fsp3) is 0.533. The van der Waals surface area contributed by atoms with Crippen molar-refractivity contribution in [2.45, 2.75) is 32.0 Å². The summed E-state index contributed by atoms with van der Waals surface area (Å²) in [6.07, 6.45) is 0.167. The minimum Gasteiger partial charge on any atom is -0.444 e. The lowest BCUT2D eigenvalue weighted by Crippen LogP contribution is -2.64. The maximum atomic E-state index is 14.4. The molecule has 1 saturated heterocycles. The van der Waals surface area contributed by atoms with Gasteiger partial charge in [0.2, 0.25) is 0 Å². The Hall–Kier alpha value is -1.09. The van der Waals surface area contributed by atoms with Gasteiger partial charge < -0.3 is 9.64 Å². The quantitative estimate of drug-likeness (QED) is 0.559. The molecular weight excluding hydrogens is 396 g/mol. The lowest BCUT2D eigenvalue weighted by atomic mass is 9.86. The first-order valence-corrected chi connectivity index (χ1v) is 9.84. The molecule has 0 N–H and O–H groups in total. The summed E-state index contributed by atoms with van der Waals surface area (Å²) in [5.41, 5.74) is -2.59. The number of likely N-dealkylation sites (tertiary alicyclic amines) is 1. The molecule has 10 heteroatoms. The Bertz CT molecular complexity index is 801. The predicted molar refractivity (Wildman–Crippen MR) is 91.8 cm³/mol. The fourth-order valence-corrected chi connectivity index (χ4v) is 3.76. The van der Waals surface area contributed by atoms with Crippen LogP contribution in [0.25, 0.3) is 0 Å². The fourth-order valence-electron chi connectivity index (χ4n) is 2.51. The van der Waals surface area contributed by atoms with Crippen molar-refractivity contribution in [2.24, 2.45) is 0 Å². The molecule has 6 nitrogen and oxygen atoms in total. The smallest absolute Gasteiger partial charge is 0.410 e. The van der Waals surface area contributed by atoms with Gasteiger partial charge in [0.15, 0.2) is 5.60 Å². The minimum atomic E-state index is -3.97. The second-order valence-electron chi connectivity index (χ2n) is 6.84. The highest BCUT2D eigenvalue weighted by molar-refractivity contribution is 7.86. The van der Waals surface area contributed by atoms with Crippen molar-refractivity contribution >= 4 is 39.4 Å². The molecule has 140 valence electrons. The Balaban J connectivity index is 2.38. The number of amides is 1. The first-order chi connectivity index (χ1) is 11.2. The molecule has 0 spiro atoms. The van der Waals surface area contributed by atoms with Crippen LogP contribution in [0.2, 0.25) is 10.0 Å². The van der Waals surface area contributed by atoms with Gasteiger partial charge in [-0.05, 0) is 32.9 Å². The van der Waals surface area contributed by atoms with Crippen molar-refractivity contribution in [3.8, 4) is 0 Å². The molecule has 0 aliphatic carbocycles. The molecule has 0 atom stereocenters. The van der Waals surface area contributed by atoms with E-state index in [-0.39, 0.29) is 28.7 Å². The summed E-state index contributed by atoms with van der Waals surface area (Å²) in [4.78, 5) is 13.3. The van der Waals surface area contributed by atoms with Crippen LogP contribution in [0.5, 0.6) is 0 Å². The summed E-state index contributed by atoms with van der Waals surface area (Å²) in [5, 5.41) is -0.112. The number of nitrogens with zero attached hydrogens (tertiary/aromatic N) is 1. The maximum Gasteiger partial charge on any atom is 0.410 e. The number of halogens is 3. The van der Waals surface area contributed by atoms with E-state index in [0.717, 1.165) is 12.3 Å². The molecule has 1 aliphatic heterocycles. The number of rotatable bonds is 3. The van der Waals surface area contributed by atoms with Crippen molar-refractivity contribution < 1.29 is 26.5 Å². The summed E-state index contributed by atoms with van der Waals surface area (Å²) < 4.78 is 48.0. The molecule has 1 aromatic rings. The number of carbonyl (C=O) groups excluding carboxylic acids is 1. The second-order valence-corrected chi connectivity index (χ2v) is 9.20. The van der Waals surface area contributed by atoms with Gasteiger partial charge in [0.05, 0.1) is 29.4 Å². The predicted octanol–water partition coefficient (Wildman–Crippen LogP) is 3.55. The van der Waals surface area contributed by atoms with E-state index in [0.29, 0.717) is 0 Å². The van der Waals surface area contributed by atoms with Gasteiger partial charge in [0, 0.05) is 5.56 Å². The van der Waals surface area contributed by atoms with Crippen LogP contribution >= 0.6 is 23.2 Å². The first kappa shape index (κ1) is 20.2. The molecule has 2 rings (SSSR count). The van der Waals surface area contributed by atoms with Gasteiger partial charge in [-0.1, -0.05) is 23.2 Å². The summed E-state index contributed by atoms with van der Waals surface area (Å²) in [6.45, 7) is 4.59. The normalized spacial score (nSPS) is 17.2. The molecule has 1 aromatic carbocycles. The van der Waals surface area contributed by atoms with Crippen molar-refractivity contribution in [1.29, 1.82) is 0 Å². The van der Waals surface area contributed by atoms with Crippen LogP contribution in [0.1, 0.15) is 26.3 Å². The number of ether oxygens (including phenoxy) is 1. The second kappa shape index (κ2) is 6.57. The zero-order chi connectivity index (χ0) is 19.2. The van der Waals surface area contributed by atoms with E-state index in [1.165, 1.54) is 11.0 Å². The van der Waals surface area contributed by atoms with Crippen LogP contribution in [0, 0.1) is 5.82 Å². The van der Waals surface area contributed by atoms with Crippen molar-refractivity contribution in [1.82, 2.24) is 4.90 Å². The third kappa shape index (κ3) is 4.55. The van der Waals surface area contributed by atoms with E-state index in [9.17, 15) is 17.6 Å². The average Bonchev–Trinajstić information content (AvgIpc) is 2.36. The third-order valence-electron chi connectivity index (χ3n) is 3.35. The highest BCUT2D eigenvalue weighted by Gasteiger charge is 2.54. The maximum absolute atomic E-state index is 14.4. The number of benzene rings is 1. The molecule has 1 amide bonds. The molecule has 25 heavy (non-hydrogen) atoms. The highest BCUT2D eigenvalue weighted by atomic mass is 35.5. The molecule has 1 aliphatic rings. The largest absolute Gasteiger partial charge is 0.444 e. The number of carbonyl (C=O) groups is 1. The highest BCUT2D eigenvalue weighted by Crippen LogP contribution is 2.44. The topological polar surface area (TPSA) is 72.9 Å². The van der Waals surface area contributed by atoms with Crippen LogP contribution in [0.3, 0.4) is 0 Å². The molecule has 0 saturated carbocycles. The van der Waals surface area contributed by atoms with Crippen LogP contribution in [-0.4, -0.2) is 44.4 Å². The molecule has 0 radical (unpaired) electrons. The Kier molecular flexibility index (Phi) is 5.32. The number of hydrogen-bond donors (Lipinski definition) is 0. The van der Waals surface area contributed by atoms with E-state index in [4.69, 9.17) is 32.1 Å². The zero-order valence-corrected chi connectivity index (χ0v) is 16.4. The standard InChI is InChI=1S/C15H18Cl2FNO5S/c1-14(2,3)23-13(20)19-7-15(8-19,24-25(4,21)22)11-10(18)6-5-9(16)12(11)17/h5-6H,7-8H2,1-4H3. The molecule has 0 bridgehead atoms. The summed E-state index contributed by atoms with van der Waals surface area (Å²) in [6, 6.07) is 2.31. The molecule has 0 unspecified atom stereocenters. The van der Waals surface area contributed by atoms with Crippen LogP contribution < -0.4 is 0 Å². The van der Waals surface area contributed by atoms with E-state index in [2.05, 4.69) is 0 Å². The first-order valence-electron chi connectivity index (χ1n) is 7.27. The SMILES string of the molecule is CC(C)(C)OC(=O)N1CC(OS(C)(=O)=O)(c2c(F)ccc(Cl)c2Cl)C1. The lowest BCUT2D eigenvalue weighted by molar-refractivity contribution is -0.0843. The van der Waals surface area contributed by atoms with Gasteiger partial charge in [-0.15, -0.1) is 0 Å². The van der Waals surface area contributed by atoms with Crippen LogP contribution in [0.15, 0.2) is 12.1 Å². The van der Waals surface area contributed by atoms with Gasteiger partial charge in [-0.3, -0.25) is 4.18 Å². The Morgan fingerprint density at radius 2 is 1.84 bits per heavy atom. The monoisotopic (exact) mass is 413 g/mol. The molecular formula is C15H18Cl2FNO5S. The Morgan fingerprint density at radius 1 is 1.28 bits per heavy atom. The minimum absolute atomic E-state index is 0.0465. The van der Waals surface area contributed by atoms with Crippen LogP contribution in [-0.2, 0) is 24.6 Å². The van der Waals surface area contributed by atoms with Gasteiger partial charge in [-0.25, -0.2) is 9.18 Å². The van der Waals surface area contributed by atoms with Crippen molar-refractivity contribution in [3.05, 3.63) is 33.6 Å². The van der Waals surface area contributed by atoms with Gasteiger partial charge in [0.25, 0.3) is 10.1 Å². The number of hydrogen-bond acceptors (Lipinski definition) is 5. The zero-order valence-electron chi connectivity index (χ0n) is 14.1. The molecule has 1 heterocycles.